The lowest BCUT2D eigenvalue weighted by molar-refractivity contribution is 0.244. The van der Waals surface area contributed by atoms with Crippen LogP contribution in [-0.4, -0.2) is 6.17 Å². The number of hydrogen-bond acceptors (Lipinski definition) is 0. The van der Waals surface area contributed by atoms with E-state index in [1.807, 2.05) is 6.92 Å². The molecule has 0 amide bonds. The van der Waals surface area contributed by atoms with Crippen LogP contribution in [0, 0.1) is 5.92 Å². The number of rotatable bonds is 0. The SMILES string of the molecule is C=C1CCC(F)CC1C. The van der Waals surface area contributed by atoms with Crippen molar-refractivity contribution in [1.29, 1.82) is 0 Å². The molecule has 2 unspecified atom stereocenters. The van der Waals surface area contributed by atoms with Gasteiger partial charge in [0.25, 0.3) is 0 Å². The van der Waals surface area contributed by atoms with Crippen LogP contribution < -0.4 is 0 Å². The van der Waals surface area contributed by atoms with Crippen molar-refractivity contribution >= 4 is 0 Å². The summed E-state index contributed by atoms with van der Waals surface area (Å²) in [4.78, 5) is 0. The number of alkyl halides is 1. The zero-order valence-electron chi connectivity index (χ0n) is 5.86. The molecule has 0 radical (unpaired) electrons. The molecule has 0 heterocycles. The van der Waals surface area contributed by atoms with E-state index in [0.717, 1.165) is 6.42 Å². The molecule has 0 nitrogen and oxygen atoms in total. The summed E-state index contributed by atoms with van der Waals surface area (Å²) in [5.41, 5.74) is 1.23. The molecule has 1 rings (SSSR count). The normalized spacial score (nSPS) is 36.9. The molecule has 1 heteroatoms. The smallest absolute Gasteiger partial charge is 0.101 e. The molecule has 1 saturated carbocycles. The van der Waals surface area contributed by atoms with Gasteiger partial charge < -0.3 is 0 Å². The van der Waals surface area contributed by atoms with E-state index in [9.17, 15) is 4.39 Å². The summed E-state index contributed by atoms with van der Waals surface area (Å²) < 4.78 is 12.6. The molecule has 0 saturated heterocycles. The monoisotopic (exact) mass is 128 g/mol. The first-order chi connectivity index (χ1) is 4.20. The first-order valence-electron chi connectivity index (χ1n) is 3.52. The largest absolute Gasteiger partial charge is 0.247 e. The second kappa shape index (κ2) is 2.51. The first-order valence-corrected chi connectivity index (χ1v) is 3.52. The van der Waals surface area contributed by atoms with Crippen molar-refractivity contribution in [3.63, 3.8) is 0 Å². The molecular weight excluding hydrogens is 115 g/mol. The highest BCUT2D eigenvalue weighted by molar-refractivity contribution is 5.03. The maximum atomic E-state index is 12.6. The van der Waals surface area contributed by atoms with Gasteiger partial charge in [-0.25, -0.2) is 4.39 Å². The van der Waals surface area contributed by atoms with Crippen molar-refractivity contribution < 1.29 is 4.39 Å². The minimum atomic E-state index is -0.564. The van der Waals surface area contributed by atoms with Crippen LogP contribution in [-0.2, 0) is 0 Å². The van der Waals surface area contributed by atoms with E-state index in [4.69, 9.17) is 0 Å². The van der Waals surface area contributed by atoms with E-state index in [1.54, 1.807) is 0 Å². The van der Waals surface area contributed by atoms with Gasteiger partial charge in [-0.1, -0.05) is 19.1 Å². The predicted octanol–water partition coefficient (Wildman–Crippen LogP) is 2.70. The maximum absolute atomic E-state index is 12.6. The Labute approximate surface area is 55.8 Å². The standard InChI is InChI=1S/C8H13F/c1-6-3-4-8(9)5-7(6)2/h7-8H,1,3-5H2,2H3. The summed E-state index contributed by atoms with van der Waals surface area (Å²) in [6.45, 7) is 5.91. The highest BCUT2D eigenvalue weighted by Crippen LogP contribution is 2.29. The van der Waals surface area contributed by atoms with Gasteiger partial charge in [-0.3, -0.25) is 0 Å². The number of allylic oxidation sites excluding steroid dienone is 1. The Morgan fingerprint density at radius 1 is 1.67 bits per heavy atom. The minimum absolute atomic E-state index is 0.411. The molecule has 0 aromatic heterocycles. The Hall–Kier alpha value is -0.330. The van der Waals surface area contributed by atoms with E-state index in [0.29, 0.717) is 18.8 Å². The van der Waals surface area contributed by atoms with Gasteiger partial charge in [0.05, 0.1) is 0 Å². The van der Waals surface area contributed by atoms with Gasteiger partial charge in [-0.05, 0) is 25.2 Å². The molecule has 0 N–H and O–H groups in total. The Balaban J connectivity index is 2.44. The predicted molar refractivity (Wildman–Crippen MR) is 37.1 cm³/mol. The fraction of sp³-hybridized carbons (Fsp3) is 0.750. The molecule has 0 aromatic rings. The third kappa shape index (κ3) is 1.54. The summed E-state index contributed by atoms with van der Waals surface area (Å²) in [6, 6.07) is 0. The first kappa shape index (κ1) is 6.79. The molecule has 2 atom stereocenters. The quantitative estimate of drug-likeness (QED) is 0.440. The van der Waals surface area contributed by atoms with Crippen molar-refractivity contribution in [1.82, 2.24) is 0 Å². The number of hydrogen-bond donors (Lipinski definition) is 0. The van der Waals surface area contributed by atoms with Gasteiger partial charge in [0.15, 0.2) is 0 Å². The Morgan fingerprint density at radius 2 is 2.33 bits per heavy atom. The van der Waals surface area contributed by atoms with Crippen molar-refractivity contribution in [2.24, 2.45) is 5.92 Å². The van der Waals surface area contributed by atoms with Crippen molar-refractivity contribution in [2.75, 3.05) is 0 Å². The van der Waals surface area contributed by atoms with Crippen LogP contribution in [0.2, 0.25) is 0 Å². The molecule has 0 aliphatic heterocycles. The fourth-order valence-electron chi connectivity index (χ4n) is 1.26. The molecular formula is C8H13F. The average molecular weight is 128 g/mol. The highest BCUT2D eigenvalue weighted by Gasteiger charge is 2.20. The van der Waals surface area contributed by atoms with Crippen LogP contribution in [0.3, 0.4) is 0 Å². The van der Waals surface area contributed by atoms with Crippen LogP contribution in [0.1, 0.15) is 26.2 Å². The average Bonchev–Trinajstić information content (AvgIpc) is 1.80. The number of halogens is 1. The summed E-state index contributed by atoms with van der Waals surface area (Å²) in [7, 11) is 0. The molecule has 1 aliphatic rings. The third-order valence-electron chi connectivity index (χ3n) is 2.08. The van der Waals surface area contributed by atoms with Gasteiger partial charge in [0, 0.05) is 0 Å². The van der Waals surface area contributed by atoms with E-state index in [-0.39, 0.29) is 0 Å². The van der Waals surface area contributed by atoms with Gasteiger partial charge in [-0.2, -0.15) is 0 Å². The van der Waals surface area contributed by atoms with Crippen LogP contribution in [0.5, 0.6) is 0 Å². The van der Waals surface area contributed by atoms with Crippen LogP contribution in [0.15, 0.2) is 12.2 Å². The van der Waals surface area contributed by atoms with Crippen LogP contribution >= 0.6 is 0 Å². The Kier molecular flexibility index (Phi) is 1.89. The van der Waals surface area contributed by atoms with E-state index >= 15 is 0 Å². The van der Waals surface area contributed by atoms with Gasteiger partial charge in [0.2, 0.25) is 0 Å². The topological polar surface area (TPSA) is 0 Å². The van der Waals surface area contributed by atoms with Crippen LogP contribution in [0.25, 0.3) is 0 Å². The lowest BCUT2D eigenvalue weighted by atomic mass is 9.86. The summed E-state index contributed by atoms with van der Waals surface area (Å²) in [5, 5.41) is 0. The molecule has 9 heavy (non-hydrogen) atoms. The van der Waals surface area contributed by atoms with E-state index in [1.165, 1.54) is 5.57 Å². The molecule has 0 bridgehead atoms. The van der Waals surface area contributed by atoms with Crippen molar-refractivity contribution in [2.45, 2.75) is 32.4 Å². The highest BCUT2D eigenvalue weighted by atomic mass is 19.1. The zero-order chi connectivity index (χ0) is 6.85. The second-order valence-electron chi connectivity index (χ2n) is 2.93. The van der Waals surface area contributed by atoms with Gasteiger partial charge >= 0.3 is 0 Å². The van der Waals surface area contributed by atoms with Gasteiger partial charge in [0.1, 0.15) is 6.17 Å². The van der Waals surface area contributed by atoms with Crippen LogP contribution in [0.4, 0.5) is 4.39 Å². The lowest BCUT2D eigenvalue weighted by Gasteiger charge is -2.23. The van der Waals surface area contributed by atoms with Crippen molar-refractivity contribution in [3.05, 3.63) is 12.2 Å². The summed E-state index contributed by atoms with van der Waals surface area (Å²) in [6.07, 6.45) is 1.72. The molecule has 52 valence electrons. The molecule has 1 fully saturated rings. The minimum Gasteiger partial charge on any atom is -0.247 e. The lowest BCUT2D eigenvalue weighted by Crippen LogP contribution is -2.15. The molecule has 0 spiro atoms. The summed E-state index contributed by atoms with van der Waals surface area (Å²) >= 11 is 0. The summed E-state index contributed by atoms with van der Waals surface area (Å²) in [5.74, 6) is 0.411. The third-order valence-corrected chi connectivity index (χ3v) is 2.08. The Bertz CT molecular complexity index is 118. The second-order valence-corrected chi connectivity index (χ2v) is 2.93. The maximum Gasteiger partial charge on any atom is 0.101 e. The van der Waals surface area contributed by atoms with E-state index in [2.05, 4.69) is 6.58 Å². The fourth-order valence-corrected chi connectivity index (χ4v) is 1.26. The molecule has 0 aromatic carbocycles. The van der Waals surface area contributed by atoms with Crippen molar-refractivity contribution in [3.8, 4) is 0 Å². The van der Waals surface area contributed by atoms with E-state index < -0.39 is 6.17 Å². The van der Waals surface area contributed by atoms with Gasteiger partial charge in [-0.15, -0.1) is 0 Å². The zero-order valence-corrected chi connectivity index (χ0v) is 5.86. The Morgan fingerprint density at radius 3 is 2.78 bits per heavy atom. The molecule has 1 aliphatic carbocycles.